The normalized spacial score (nSPS) is 10.3. The number of hydrogen-bond donors (Lipinski definition) is 0. The predicted molar refractivity (Wildman–Crippen MR) is 96.4 cm³/mol. The summed E-state index contributed by atoms with van der Waals surface area (Å²) in [7, 11) is 1.62. The summed E-state index contributed by atoms with van der Waals surface area (Å²) in [6.07, 6.45) is 1.55. The zero-order valence-electron chi connectivity index (χ0n) is 13.6. The van der Waals surface area contributed by atoms with E-state index in [-0.39, 0.29) is 10.9 Å². The summed E-state index contributed by atoms with van der Waals surface area (Å²) in [6.45, 7) is 0.377. The summed E-state index contributed by atoms with van der Waals surface area (Å²) in [5, 5.41) is 0.190. The number of carbonyl (C=O) groups is 1. The van der Waals surface area contributed by atoms with E-state index in [0.29, 0.717) is 23.5 Å². The minimum atomic E-state index is -0.190. The van der Waals surface area contributed by atoms with Gasteiger partial charge in [0.05, 0.1) is 12.7 Å². The number of nitrogens with zero attached hydrogens (tertiary/aromatic N) is 1. The van der Waals surface area contributed by atoms with Crippen molar-refractivity contribution < 1.29 is 14.3 Å². The number of halogens is 1. The van der Waals surface area contributed by atoms with Crippen LogP contribution in [0.25, 0.3) is 0 Å². The summed E-state index contributed by atoms with van der Waals surface area (Å²) >= 11 is 6.00. The molecule has 2 aromatic carbocycles. The maximum absolute atomic E-state index is 12.6. The van der Waals surface area contributed by atoms with Crippen LogP contribution in [0.15, 0.2) is 66.9 Å². The van der Waals surface area contributed by atoms with Gasteiger partial charge in [-0.1, -0.05) is 35.9 Å². The number of rotatable bonds is 6. The standard InChI is InChI=1S/C20H16ClNO3/c1-24-16-7-2-5-14(11-16)13-25-17-8-3-6-15(12-17)19(23)18-9-4-10-22-20(18)21/h2-12H,13H2,1H3. The minimum Gasteiger partial charge on any atom is -0.497 e. The second kappa shape index (κ2) is 7.81. The Morgan fingerprint density at radius 1 is 1.04 bits per heavy atom. The van der Waals surface area contributed by atoms with Crippen molar-refractivity contribution in [2.75, 3.05) is 7.11 Å². The Balaban J connectivity index is 1.75. The van der Waals surface area contributed by atoms with Crippen LogP contribution in [0.1, 0.15) is 21.5 Å². The van der Waals surface area contributed by atoms with Crippen molar-refractivity contribution in [3.63, 3.8) is 0 Å². The van der Waals surface area contributed by atoms with Crippen molar-refractivity contribution in [2.24, 2.45) is 0 Å². The number of carbonyl (C=O) groups excluding carboxylic acids is 1. The Bertz CT molecular complexity index is 895. The fourth-order valence-corrected chi connectivity index (χ4v) is 2.57. The molecule has 25 heavy (non-hydrogen) atoms. The first kappa shape index (κ1) is 17.0. The molecule has 0 saturated carbocycles. The predicted octanol–water partition coefficient (Wildman–Crippen LogP) is 4.55. The van der Waals surface area contributed by atoms with Crippen molar-refractivity contribution in [1.29, 1.82) is 0 Å². The van der Waals surface area contributed by atoms with Crippen LogP contribution in [0.3, 0.4) is 0 Å². The van der Waals surface area contributed by atoms with Crippen LogP contribution in [0, 0.1) is 0 Å². The second-order valence-electron chi connectivity index (χ2n) is 5.34. The van der Waals surface area contributed by atoms with E-state index in [4.69, 9.17) is 21.1 Å². The minimum absolute atomic E-state index is 0.190. The molecular weight excluding hydrogens is 338 g/mol. The van der Waals surface area contributed by atoms with Gasteiger partial charge >= 0.3 is 0 Å². The molecule has 0 atom stereocenters. The van der Waals surface area contributed by atoms with Crippen LogP contribution in [-0.2, 0) is 6.61 Å². The molecule has 1 heterocycles. The molecule has 0 aliphatic rings. The van der Waals surface area contributed by atoms with Gasteiger partial charge in [0.15, 0.2) is 5.78 Å². The van der Waals surface area contributed by atoms with Gasteiger partial charge in [0.1, 0.15) is 23.3 Å². The molecule has 0 aliphatic carbocycles. The molecule has 1 aromatic heterocycles. The third kappa shape index (κ3) is 4.17. The third-order valence-electron chi connectivity index (χ3n) is 3.64. The van der Waals surface area contributed by atoms with E-state index in [2.05, 4.69) is 4.98 Å². The lowest BCUT2D eigenvalue weighted by molar-refractivity contribution is 0.103. The molecule has 0 aliphatic heterocycles. The van der Waals surface area contributed by atoms with Crippen LogP contribution in [-0.4, -0.2) is 17.9 Å². The molecule has 4 nitrogen and oxygen atoms in total. The lowest BCUT2D eigenvalue weighted by Gasteiger charge is -2.09. The molecule has 3 aromatic rings. The molecule has 0 N–H and O–H groups in total. The molecule has 0 fully saturated rings. The van der Waals surface area contributed by atoms with Gasteiger partial charge in [-0.15, -0.1) is 0 Å². The Morgan fingerprint density at radius 2 is 1.84 bits per heavy atom. The highest BCUT2D eigenvalue weighted by Crippen LogP contribution is 2.21. The van der Waals surface area contributed by atoms with E-state index >= 15 is 0 Å². The molecule has 126 valence electrons. The van der Waals surface area contributed by atoms with Gasteiger partial charge in [-0.2, -0.15) is 0 Å². The van der Waals surface area contributed by atoms with Gasteiger partial charge in [-0.05, 0) is 42.0 Å². The molecule has 0 amide bonds. The Kier molecular flexibility index (Phi) is 5.31. The van der Waals surface area contributed by atoms with E-state index in [9.17, 15) is 4.79 Å². The average molecular weight is 354 g/mol. The fourth-order valence-electron chi connectivity index (χ4n) is 2.37. The summed E-state index contributed by atoms with van der Waals surface area (Å²) in [5.41, 5.74) is 1.85. The van der Waals surface area contributed by atoms with Crippen LogP contribution in [0.4, 0.5) is 0 Å². The number of pyridine rings is 1. The Labute approximate surface area is 151 Å². The topological polar surface area (TPSA) is 48.4 Å². The highest BCUT2D eigenvalue weighted by molar-refractivity contribution is 6.33. The zero-order valence-corrected chi connectivity index (χ0v) is 14.4. The monoisotopic (exact) mass is 353 g/mol. The van der Waals surface area contributed by atoms with Crippen molar-refractivity contribution >= 4 is 17.4 Å². The van der Waals surface area contributed by atoms with Crippen LogP contribution in [0.2, 0.25) is 5.15 Å². The van der Waals surface area contributed by atoms with Crippen LogP contribution < -0.4 is 9.47 Å². The quantitative estimate of drug-likeness (QED) is 0.481. The Hall–Kier alpha value is -2.85. The van der Waals surface area contributed by atoms with E-state index in [1.165, 1.54) is 0 Å². The van der Waals surface area contributed by atoms with Crippen molar-refractivity contribution in [3.05, 3.63) is 88.7 Å². The fraction of sp³-hybridized carbons (Fsp3) is 0.100. The highest BCUT2D eigenvalue weighted by atomic mass is 35.5. The average Bonchev–Trinajstić information content (AvgIpc) is 2.66. The number of ketones is 1. The van der Waals surface area contributed by atoms with Crippen LogP contribution in [0.5, 0.6) is 11.5 Å². The van der Waals surface area contributed by atoms with Crippen molar-refractivity contribution in [2.45, 2.75) is 6.61 Å². The number of hydrogen-bond acceptors (Lipinski definition) is 4. The van der Waals surface area contributed by atoms with Gasteiger partial charge in [-0.3, -0.25) is 4.79 Å². The molecule has 0 saturated heterocycles. The highest BCUT2D eigenvalue weighted by Gasteiger charge is 2.14. The van der Waals surface area contributed by atoms with Crippen LogP contribution >= 0.6 is 11.6 Å². The number of methoxy groups -OCH3 is 1. The second-order valence-corrected chi connectivity index (χ2v) is 5.70. The molecule has 5 heteroatoms. The number of aromatic nitrogens is 1. The summed E-state index contributed by atoms with van der Waals surface area (Å²) in [6, 6.07) is 18.0. The maximum atomic E-state index is 12.6. The van der Waals surface area contributed by atoms with Gasteiger partial charge in [0.25, 0.3) is 0 Å². The number of benzene rings is 2. The first-order valence-electron chi connectivity index (χ1n) is 7.68. The zero-order chi connectivity index (χ0) is 17.6. The molecule has 0 bridgehead atoms. The molecule has 3 rings (SSSR count). The van der Waals surface area contributed by atoms with E-state index in [1.807, 2.05) is 30.3 Å². The van der Waals surface area contributed by atoms with Crippen molar-refractivity contribution in [3.8, 4) is 11.5 Å². The molecule has 0 unspecified atom stereocenters. The van der Waals surface area contributed by atoms with E-state index in [1.54, 1.807) is 43.6 Å². The summed E-state index contributed by atoms with van der Waals surface area (Å²) in [4.78, 5) is 16.5. The molecule has 0 spiro atoms. The summed E-state index contributed by atoms with van der Waals surface area (Å²) in [5.74, 6) is 1.19. The largest absolute Gasteiger partial charge is 0.497 e. The smallest absolute Gasteiger partial charge is 0.196 e. The van der Waals surface area contributed by atoms with Gasteiger partial charge in [-0.25, -0.2) is 4.98 Å². The third-order valence-corrected chi connectivity index (χ3v) is 3.94. The van der Waals surface area contributed by atoms with Crippen molar-refractivity contribution in [1.82, 2.24) is 4.98 Å². The van der Waals surface area contributed by atoms with E-state index in [0.717, 1.165) is 11.3 Å². The molecular formula is C20H16ClNO3. The van der Waals surface area contributed by atoms with Gasteiger partial charge in [0, 0.05) is 11.8 Å². The lowest BCUT2D eigenvalue weighted by Crippen LogP contribution is -2.04. The van der Waals surface area contributed by atoms with Gasteiger partial charge < -0.3 is 9.47 Å². The number of ether oxygens (including phenoxy) is 2. The SMILES string of the molecule is COc1cccc(COc2cccc(C(=O)c3cccnc3Cl)c2)c1. The maximum Gasteiger partial charge on any atom is 0.196 e. The Morgan fingerprint density at radius 3 is 2.64 bits per heavy atom. The van der Waals surface area contributed by atoms with E-state index < -0.39 is 0 Å². The first-order valence-corrected chi connectivity index (χ1v) is 8.06. The lowest BCUT2D eigenvalue weighted by atomic mass is 10.0. The summed E-state index contributed by atoms with van der Waals surface area (Å²) < 4.78 is 11.0. The first-order chi connectivity index (χ1) is 12.2. The van der Waals surface area contributed by atoms with Gasteiger partial charge in [0.2, 0.25) is 0 Å². The molecule has 0 radical (unpaired) electrons.